The summed E-state index contributed by atoms with van der Waals surface area (Å²) < 4.78 is 0.809. The smallest absolute Gasteiger partial charge is 0.412 e. The van der Waals surface area contributed by atoms with E-state index in [4.69, 9.17) is 0 Å². The van der Waals surface area contributed by atoms with Gasteiger partial charge in [-0.05, 0) is 40.3 Å². The second-order valence-electron chi connectivity index (χ2n) is 5.90. The molecule has 3 N–H and O–H groups in total. The number of carboxylic acid groups (broad SMARTS) is 1. The molecule has 0 unspecified atom stereocenters. The molecule has 0 aliphatic rings. The fourth-order valence-electron chi connectivity index (χ4n) is 2.71. The van der Waals surface area contributed by atoms with Gasteiger partial charge in [-0.15, -0.1) is 5.10 Å². The summed E-state index contributed by atoms with van der Waals surface area (Å²) in [4.78, 5) is 26.0. The SMILES string of the molecule is O=C(NCc1nnn[nH]1)[C@H](Cc1ccccc1)N(C(=O)O)c1ccc(Br)cc1. The van der Waals surface area contributed by atoms with Gasteiger partial charge in [-0.1, -0.05) is 46.3 Å². The van der Waals surface area contributed by atoms with Crippen molar-refractivity contribution in [3.05, 3.63) is 70.5 Å². The zero-order chi connectivity index (χ0) is 19.9. The van der Waals surface area contributed by atoms with Gasteiger partial charge in [0.05, 0.1) is 6.54 Å². The van der Waals surface area contributed by atoms with Crippen molar-refractivity contribution < 1.29 is 14.7 Å². The number of hydrogen-bond acceptors (Lipinski definition) is 5. The maximum absolute atomic E-state index is 12.9. The van der Waals surface area contributed by atoms with Crippen LogP contribution in [-0.4, -0.2) is 43.8 Å². The Bertz CT molecular complexity index is 918. The summed E-state index contributed by atoms with van der Waals surface area (Å²) in [7, 11) is 0. The van der Waals surface area contributed by atoms with Crippen molar-refractivity contribution in [2.45, 2.75) is 19.0 Å². The van der Waals surface area contributed by atoms with E-state index in [-0.39, 0.29) is 13.0 Å². The van der Waals surface area contributed by atoms with Crippen LogP contribution >= 0.6 is 15.9 Å². The molecular formula is C18H17BrN6O3. The van der Waals surface area contributed by atoms with Crippen LogP contribution in [0.15, 0.2) is 59.1 Å². The molecule has 0 aliphatic heterocycles. The van der Waals surface area contributed by atoms with Crippen LogP contribution in [0.2, 0.25) is 0 Å². The summed E-state index contributed by atoms with van der Waals surface area (Å²) >= 11 is 3.33. The number of amides is 2. The van der Waals surface area contributed by atoms with Crippen LogP contribution in [0, 0.1) is 0 Å². The topological polar surface area (TPSA) is 124 Å². The van der Waals surface area contributed by atoms with Gasteiger partial charge in [-0.3, -0.25) is 9.69 Å². The number of rotatable bonds is 7. The third-order valence-corrected chi connectivity index (χ3v) is 4.55. The molecule has 0 aliphatic carbocycles. The van der Waals surface area contributed by atoms with Crippen LogP contribution < -0.4 is 10.2 Å². The lowest BCUT2D eigenvalue weighted by atomic mass is 10.0. The van der Waals surface area contributed by atoms with Gasteiger partial charge in [0.1, 0.15) is 6.04 Å². The minimum absolute atomic E-state index is 0.0604. The Morgan fingerprint density at radius 1 is 1.14 bits per heavy atom. The van der Waals surface area contributed by atoms with Crippen molar-refractivity contribution in [2.24, 2.45) is 0 Å². The molecule has 10 heteroatoms. The van der Waals surface area contributed by atoms with Crippen LogP contribution in [0.3, 0.4) is 0 Å². The molecule has 0 bridgehead atoms. The molecule has 9 nitrogen and oxygen atoms in total. The van der Waals surface area contributed by atoms with Crippen molar-refractivity contribution in [2.75, 3.05) is 4.90 Å². The zero-order valence-electron chi connectivity index (χ0n) is 14.6. The van der Waals surface area contributed by atoms with Gasteiger partial charge in [0.2, 0.25) is 5.91 Å². The molecule has 0 spiro atoms. The maximum atomic E-state index is 12.9. The normalized spacial score (nSPS) is 11.6. The molecule has 1 atom stereocenters. The molecule has 0 radical (unpaired) electrons. The molecule has 0 saturated heterocycles. The maximum Gasteiger partial charge on any atom is 0.412 e. The number of aromatic amines is 1. The third kappa shape index (κ3) is 4.92. The van der Waals surface area contributed by atoms with Crippen molar-refractivity contribution >= 4 is 33.6 Å². The molecule has 28 heavy (non-hydrogen) atoms. The highest BCUT2D eigenvalue weighted by atomic mass is 79.9. The van der Waals surface area contributed by atoms with Crippen molar-refractivity contribution in [1.29, 1.82) is 0 Å². The highest BCUT2D eigenvalue weighted by Crippen LogP contribution is 2.23. The number of nitrogens with zero attached hydrogens (tertiary/aromatic N) is 4. The first kappa shape index (κ1) is 19.5. The Kier molecular flexibility index (Phi) is 6.33. The molecule has 3 rings (SSSR count). The Hall–Kier alpha value is -3.27. The van der Waals surface area contributed by atoms with E-state index < -0.39 is 18.0 Å². The molecule has 1 heterocycles. The number of aromatic nitrogens is 4. The van der Waals surface area contributed by atoms with Crippen LogP contribution in [0.5, 0.6) is 0 Å². The second kappa shape index (κ2) is 9.09. The summed E-state index contributed by atoms with van der Waals surface area (Å²) in [5.74, 6) is -0.0806. The molecule has 2 amide bonds. The third-order valence-electron chi connectivity index (χ3n) is 4.02. The Morgan fingerprint density at radius 2 is 1.86 bits per heavy atom. The van der Waals surface area contributed by atoms with Gasteiger partial charge in [0.15, 0.2) is 5.82 Å². The van der Waals surface area contributed by atoms with Crippen LogP contribution in [0.4, 0.5) is 10.5 Å². The van der Waals surface area contributed by atoms with Gasteiger partial charge in [0.25, 0.3) is 0 Å². The van der Waals surface area contributed by atoms with Gasteiger partial charge < -0.3 is 10.4 Å². The number of tetrazole rings is 1. The number of hydrogen-bond donors (Lipinski definition) is 3. The second-order valence-corrected chi connectivity index (χ2v) is 6.82. The highest BCUT2D eigenvalue weighted by molar-refractivity contribution is 9.10. The number of nitrogens with one attached hydrogen (secondary N) is 2. The summed E-state index contributed by atoms with van der Waals surface area (Å²) in [6.45, 7) is 0.0604. The first-order chi connectivity index (χ1) is 13.5. The first-order valence-corrected chi connectivity index (χ1v) is 9.16. The van der Waals surface area contributed by atoms with Gasteiger partial charge in [-0.2, -0.15) is 0 Å². The molecule has 0 saturated carbocycles. The van der Waals surface area contributed by atoms with Crippen LogP contribution in [0.25, 0.3) is 0 Å². The molecule has 3 aromatic rings. The van der Waals surface area contributed by atoms with E-state index in [0.717, 1.165) is 14.9 Å². The summed E-state index contributed by atoms with van der Waals surface area (Å²) in [6, 6.07) is 15.0. The molecular weight excluding hydrogens is 428 g/mol. The monoisotopic (exact) mass is 444 g/mol. The van der Waals surface area contributed by atoms with E-state index in [0.29, 0.717) is 11.5 Å². The van der Waals surface area contributed by atoms with Crippen LogP contribution in [-0.2, 0) is 17.8 Å². The van der Waals surface area contributed by atoms with Gasteiger partial charge >= 0.3 is 6.09 Å². The number of carbonyl (C=O) groups is 2. The number of halogens is 1. The zero-order valence-corrected chi connectivity index (χ0v) is 16.2. The molecule has 2 aromatic carbocycles. The largest absolute Gasteiger partial charge is 0.465 e. The number of H-pyrrole nitrogens is 1. The number of anilines is 1. The molecule has 1 aromatic heterocycles. The Balaban J connectivity index is 1.89. The standard InChI is InChI=1S/C18H17BrN6O3/c19-13-6-8-14(9-7-13)25(18(27)28)15(10-12-4-2-1-3-5-12)17(26)20-11-16-21-23-24-22-16/h1-9,15H,10-11H2,(H,20,26)(H,27,28)(H,21,22,23,24)/t15-/m0/s1. The first-order valence-electron chi connectivity index (χ1n) is 8.36. The lowest BCUT2D eigenvalue weighted by Gasteiger charge is -2.28. The minimum Gasteiger partial charge on any atom is -0.465 e. The Morgan fingerprint density at radius 3 is 2.46 bits per heavy atom. The van der Waals surface area contributed by atoms with Gasteiger partial charge in [0, 0.05) is 16.6 Å². The fourth-order valence-corrected chi connectivity index (χ4v) is 2.97. The summed E-state index contributed by atoms with van der Waals surface area (Å²) in [5.41, 5.74) is 1.24. The van der Waals surface area contributed by atoms with E-state index in [1.165, 1.54) is 0 Å². The average Bonchev–Trinajstić information content (AvgIpc) is 3.21. The minimum atomic E-state index is -1.22. The Labute approximate surface area is 168 Å². The van der Waals surface area contributed by atoms with Gasteiger partial charge in [-0.25, -0.2) is 9.89 Å². The number of benzene rings is 2. The van der Waals surface area contributed by atoms with E-state index >= 15 is 0 Å². The quantitative estimate of drug-likeness (QED) is 0.513. The summed E-state index contributed by atoms with van der Waals surface area (Å²) in [6.07, 6.45) is -1.01. The highest BCUT2D eigenvalue weighted by Gasteiger charge is 2.31. The average molecular weight is 445 g/mol. The van der Waals surface area contributed by atoms with Crippen molar-refractivity contribution in [3.63, 3.8) is 0 Å². The number of carbonyl (C=O) groups excluding carboxylic acids is 1. The van der Waals surface area contributed by atoms with Crippen molar-refractivity contribution in [1.82, 2.24) is 25.9 Å². The molecule has 144 valence electrons. The van der Waals surface area contributed by atoms with E-state index in [1.54, 1.807) is 24.3 Å². The lowest BCUT2D eigenvalue weighted by Crippen LogP contribution is -2.50. The predicted molar refractivity (Wildman–Crippen MR) is 105 cm³/mol. The van der Waals surface area contributed by atoms with Crippen molar-refractivity contribution in [3.8, 4) is 0 Å². The van der Waals surface area contributed by atoms with E-state index in [1.807, 2.05) is 30.3 Å². The van der Waals surface area contributed by atoms with Crippen LogP contribution in [0.1, 0.15) is 11.4 Å². The summed E-state index contributed by atoms with van der Waals surface area (Å²) in [5, 5.41) is 25.7. The predicted octanol–water partition coefficient (Wildman–Crippen LogP) is 2.37. The lowest BCUT2D eigenvalue weighted by molar-refractivity contribution is -0.122. The van der Waals surface area contributed by atoms with E-state index in [2.05, 4.69) is 41.9 Å². The molecule has 0 fully saturated rings. The fraction of sp³-hybridized carbons (Fsp3) is 0.167. The van der Waals surface area contributed by atoms with E-state index in [9.17, 15) is 14.7 Å².